The minimum absolute atomic E-state index is 0.179. The van der Waals surface area contributed by atoms with Crippen molar-refractivity contribution in [1.29, 1.82) is 5.26 Å². The van der Waals surface area contributed by atoms with E-state index in [4.69, 9.17) is 14.7 Å². The van der Waals surface area contributed by atoms with Crippen LogP contribution in [0.1, 0.15) is 29.7 Å². The minimum Gasteiger partial charge on any atom is -0.486 e. The van der Waals surface area contributed by atoms with Crippen LogP contribution in [0, 0.1) is 11.3 Å². The van der Waals surface area contributed by atoms with Crippen molar-refractivity contribution in [3.8, 4) is 17.6 Å². The van der Waals surface area contributed by atoms with E-state index in [1.165, 1.54) is 0 Å². The Bertz CT molecular complexity index is 814. The van der Waals surface area contributed by atoms with Gasteiger partial charge in [-0.1, -0.05) is 18.2 Å². The summed E-state index contributed by atoms with van der Waals surface area (Å²) < 4.78 is 11.1. The summed E-state index contributed by atoms with van der Waals surface area (Å²) in [5.41, 5.74) is 2.39. The van der Waals surface area contributed by atoms with Crippen molar-refractivity contribution in [3.05, 3.63) is 59.2 Å². The van der Waals surface area contributed by atoms with Gasteiger partial charge in [0.25, 0.3) is 0 Å². The van der Waals surface area contributed by atoms with Gasteiger partial charge in [0.2, 0.25) is 0 Å². The summed E-state index contributed by atoms with van der Waals surface area (Å²) in [6, 6.07) is 14.4. The van der Waals surface area contributed by atoms with E-state index in [9.17, 15) is 4.79 Å². The molecule has 1 atom stereocenters. The Morgan fingerprint density at radius 3 is 2.80 bits per heavy atom. The highest BCUT2D eigenvalue weighted by atomic mass is 16.6. The third-order valence-electron chi connectivity index (χ3n) is 3.92. The van der Waals surface area contributed by atoms with Crippen molar-refractivity contribution < 1.29 is 14.3 Å². The number of hydrogen-bond acceptors (Lipinski definition) is 4. The molecule has 1 heterocycles. The number of nitrogens with zero attached hydrogens (tertiary/aromatic N) is 1. The summed E-state index contributed by atoms with van der Waals surface area (Å²) in [7, 11) is 0. The average molecular weight is 337 g/mol. The maximum Gasteiger partial charge on any atom is 0.315 e. The summed E-state index contributed by atoms with van der Waals surface area (Å²) in [4.78, 5) is 12.1. The monoisotopic (exact) mass is 337 g/mol. The molecule has 2 aromatic rings. The second-order valence-corrected chi connectivity index (χ2v) is 5.76. The van der Waals surface area contributed by atoms with Gasteiger partial charge < -0.3 is 20.1 Å². The highest BCUT2D eigenvalue weighted by molar-refractivity contribution is 5.74. The van der Waals surface area contributed by atoms with Crippen LogP contribution in [-0.4, -0.2) is 19.2 Å². The van der Waals surface area contributed by atoms with Crippen LogP contribution in [0.5, 0.6) is 11.5 Å². The normalized spacial score (nSPS) is 13.4. The first kappa shape index (κ1) is 16.7. The zero-order chi connectivity index (χ0) is 17.6. The van der Waals surface area contributed by atoms with E-state index in [2.05, 4.69) is 16.7 Å². The van der Waals surface area contributed by atoms with Gasteiger partial charge in [-0.05, 0) is 42.3 Å². The molecule has 2 amide bonds. The average Bonchev–Trinajstić information content (AvgIpc) is 2.66. The highest BCUT2D eigenvalue weighted by Gasteiger charge is 2.15. The highest BCUT2D eigenvalue weighted by Crippen LogP contribution is 2.32. The van der Waals surface area contributed by atoms with Crippen LogP contribution in [0.15, 0.2) is 42.5 Å². The van der Waals surface area contributed by atoms with E-state index in [0.717, 1.165) is 16.9 Å². The molecule has 1 aliphatic rings. The van der Waals surface area contributed by atoms with Crippen LogP contribution in [-0.2, 0) is 6.54 Å². The van der Waals surface area contributed by atoms with E-state index in [0.29, 0.717) is 31.1 Å². The number of fused-ring (bicyclic) bond motifs is 1. The molecule has 6 heteroatoms. The van der Waals surface area contributed by atoms with Crippen molar-refractivity contribution in [2.24, 2.45) is 0 Å². The quantitative estimate of drug-likeness (QED) is 0.898. The Labute approximate surface area is 146 Å². The number of ether oxygens (including phenoxy) is 2. The predicted molar refractivity (Wildman–Crippen MR) is 92.4 cm³/mol. The van der Waals surface area contributed by atoms with Gasteiger partial charge in [0, 0.05) is 6.54 Å². The van der Waals surface area contributed by atoms with Crippen molar-refractivity contribution in [2.45, 2.75) is 19.5 Å². The number of rotatable bonds is 4. The Hall–Kier alpha value is -3.20. The molecule has 1 unspecified atom stereocenters. The van der Waals surface area contributed by atoms with Gasteiger partial charge in [-0.2, -0.15) is 5.26 Å². The number of nitrogens with one attached hydrogen (secondary N) is 2. The zero-order valence-electron chi connectivity index (χ0n) is 13.9. The van der Waals surface area contributed by atoms with Gasteiger partial charge in [-0.3, -0.25) is 0 Å². The van der Waals surface area contributed by atoms with Gasteiger partial charge >= 0.3 is 6.03 Å². The maximum atomic E-state index is 12.1. The molecule has 0 fully saturated rings. The molecular formula is C19H19N3O3. The number of nitriles is 1. The molecule has 6 nitrogen and oxygen atoms in total. The molecule has 0 saturated heterocycles. The summed E-state index contributed by atoms with van der Waals surface area (Å²) in [6.45, 7) is 3.34. The third kappa shape index (κ3) is 4.21. The molecule has 0 saturated carbocycles. The largest absolute Gasteiger partial charge is 0.486 e. The lowest BCUT2D eigenvalue weighted by Gasteiger charge is -2.21. The SMILES string of the molecule is CC(NC(=O)NCc1cccc(C#N)c1)c1ccc2c(c1)OCCO2. The fraction of sp³-hybridized carbons (Fsp3) is 0.263. The molecule has 128 valence electrons. The molecule has 25 heavy (non-hydrogen) atoms. The van der Waals surface area contributed by atoms with E-state index in [1.54, 1.807) is 18.2 Å². The molecule has 0 spiro atoms. The van der Waals surface area contributed by atoms with Gasteiger partial charge in [-0.15, -0.1) is 0 Å². The lowest BCUT2D eigenvalue weighted by molar-refractivity contribution is 0.171. The standard InChI is InChI=1S/C19H19N3O3/c1-13(16-5-6-17-18(10-16)25-8-7-24-17)22-19(23)21-12-15-4-2-3-14(9-15)11-20/h2-6,9-10,13H,7-8,12H2,1H3,(H2,21,22,23). The second-order valence-electron chi connectivity index (χ2n) is 5.76. The number of urea groups is 1. The first-order chi connectivity index (χ1) is 12.2. The van der Waals surface area contributed by atoms with E-state index < -0.39 is 0 Å². The molecule has 0 aromatic heterocycles. The number of carbonyl (C=O) groups is 1. The molecular weight excluding hydrogens is 318 g/mol. The van der Waals surface area contributed by atoms with Gasteiger partial charge in [0.1, 0.15) is 13.2 Å². The Balaban J connectivity index is 1.56. The van der Waals surface area contributed by atoms with Crippen LogP contribution in [0.4, 0.5) is 4.79 Å². The minimum atomic E-state index is -0.273. The van der Waals surface area contributed by atoms with Gasteiger partial charge in [-0.25, -0.2) is 4.79 Å². The third-order valence-corrected chi connectivity index (χ3v) is 3.92. The van der Waals surface area contributed by atoms with Crippen LogP contribution in [0.25, 0.3) is 0 Å². The Morgan fingerprint density at radius 1 is 1.20 bits per heavy atom. The molecule has 0 bridgehead atoms. The molecule has 1 aliphatic heterocycles. The second kappa shape index (κ2) is 7.58. The lowest BCUT2D eigenvalue weighted by atomic mass is 10.1. The smallest absolute Gasteiger partial charge is 0.315 e. The Morgan fingerprint density at radius 2 is 2.00 bits per heavy atom. The number of amides is 2. The van der Waals surface area contributed by atoms with Crippen molar-refractivity contribution in [3.63, 3.8) is 0 Å². The molecule has 2 N–H and O–H groups in total. The first-order valence-corrected chi connectivity index (χ1v) is 8.08. The lowest BCUT2D eigenvalue weighted by Crippen LogP contribution is -2.36. The topological polar surface area (TPSA) is 83.4 Å². The van der Waals surface area contributed by atoms with Crippen molar-refractivity contribution >= 4 is 6.03 Å². The summed E-state index contributed by atoms with van der Waals surface area (Å²) in [5, 5.41) is 14.6. The van der Waals surface area contributed by atoms with Crippen LogP contribution >= 0.6 is 0 Å². The zero-order valence-corrected chi connectivity index (χ0v) is 13.9. The first-order valence-electron chi connectivity index (χ1n) is 8.08. The predicted octanol–water partition coefficient (Wildman–Crippen LogP) is 2.89. The van der Waals surface area contributed by atoms with Crippen molar-refractivity contribution in [1.82, 2.24) is 10.6 Å². The number of hydrogen-bond donors (Lipinski definition) is 2. The van der Waals surface area contributed by atoms with E-state index in [1.807, 2.05) is 31.2 Å². The maximum absolute atomic E-state index is 12.1. The molecule has 0 aliphatic carbocycles. The van der Waals surface area contributed by atoms with E-state index in [-0.39, 0.29) is 12.1 Å². The molecule has 3 rings (SSSR count). The fourth-order valence-corrected chi connectivity index (χ4v) is 2.59. The molecule has 0 radical (unpaired) electrons. The fourth-order valence-electron chi connectivity index (χ4n) is 2.59. The van der Waals surface area contributed by atoms with Crippen molar-refractivity contribution in [2.75, 3.05) is 13.2 Å². The van der Waals surface area contributed by atoms with Crippen LogP contribution in [0.3, 0.4) is 0 Å². The van der Waals surface area contributed by atoms with Crippen LogP contribution in [0.2, 0.25) is 0 Å². The number of carbonyl (C=O) groups excluding carboxylic acids is 1. The summed E-state index contributed by atoms with van der Waals surface area (Å²) >= 11 is 0. The summed E-state index contributed by atoms with van der Waals surface area (Å²) in [6.07, 6.45) is 0. The van der Waals surface area contributed by atoms with Gasteiger partial charge in [0.15, 0.2) is 11.5 Å². The van der Waals surface area contributed by atoms with Gasteiger partial charge in [0.05, 0.1) is 17.7 Å². The Kier molecular flexibility index (Phi) is 5.05. The van der Waals surface area contributed by atoms with E-state index >= 15 is 0 Å². The summed E-state index contributed by atoms with van der Waals surface area (Å²) in [5.74, 6) is 1.43. The number of benzene rings is 2. The molecule has 2 aromatic carbocycles. The van der Waals surface area contributed by atoms with Crippen LogP contribution < -0.4 is 20.1 Å².